The van der Waals surface area contributed by atoms with E-state index in [0.717, 1.165) is 21.3 Å². The van der Waals surface area contributed by atoms with Crippen LogP contribution in [0, 0.1) is 11.3 Å². The predicted octanol–water partition coefficient (Wildman–Crippen LogP) is 5.12. The topological polar surface area (TPSA) is 65.8 Å². The molecule has 0 aliphatic rings. The lowest BCUT2D eigenvalue weighted by molar-refractivity contribution is -0.112. The molecule has 1 aromatic heterocycles. The molecule has 0 saturated heterocycles. The van der Waals surface area contributed by atoms with Crippen LogP contribution in [-0.2, 0) is 4.79 Å². The van der Waals surface area contributed by atoms with Crippen molar-refractivity contribution in [3.8, 4) is 17.3 Å². The van der Waals surface area contributed by atoms with E-state index in [1.807, 2.05) is 66.0 Å². The van der Waals surface area contributed by atoms with Gasteiger partial charge >= 0.3 is 0 Å². The summed E-state index contributed by atoms with van der Waals surface area (Å²) in [5.74, 6) is -0.471. The molecule has 1 N–H and O–H groups in total. The molecule has 0 saturated carbocycles. The van der Waals surface area contributed by atoms with Crippen molar-refractivity contribution in [1.82, 2.24) is 4.98 Å². The SMILES string of the molecule is N#CC(=Cc1ccccc1)C(=O)Nc1nc(-c2cccc(Br)c2)cs1. The highest BCUT2D eigenvalue weighted by Gasteiger charge is 2.12. The van der Waals surface area contributed by atoms with Crippen molar-refractivity contribution in [3.63, 3.8) is 0 Å². The van der Waals surface area contributed by atoms with E-state index in [4.69, 9.17) is 0 Å². The third-order valence-corrected chi connectivity index (χ3v) is 4.57. The van der Waals surface area contributed by atoms with Crippen molar-refractivity contribution in [2.75, 3.05) is 5.32 Å². The molecule has 0 spiro atoms. The zero-order chi connectivity index (χ0) is 17.6. The zero-order valence-corrected chi connectivity index (χ0v) is 15.3. The predicted molar refractivity (Wildman–Crippen MR) is 104 cm³/mol. The van der Waals surface area contributed by atoms with Gasteiger partial charge in [0.15, 0.2) is 5.13 Å². The van der Waals surface area contributed by atoms with Crippen LogP contribution in [0.3, 0.4) is 0 Å². The number of carbonyl (C=O) groups excluding carboxylic acids is 1. The van der Waals surface area contributed by atoms with Crippen LogP contribution >= 0.6 is 27.3 Å². The first kappa shape index (κ1) is 17.1. The smallest absolute Gasteiger partial charge is 0.268 e. The van der Waals surface area contributed by atoms with Gasteiger partial charge in [-0.1, -0.05) is 58.4 Å². The summed E-state index contributed by atoms with van der Waals surface area (Å²) in [5.41, 5.74) is 2.55. The number of halogens is 1. The van der Waals surface area contributed by atoms with Gasteiger partial charge in [0.05, 0.1) is 5.69 Å². The van der Waals surface area contributed by atoms with Crippen LogP contribution in [0.4, 0.5) is 5.13 Å². The van der Waals surface area contributed by atoms with E-state index in [-0.39, 0.29) is 5.57 Å². The molecule has 1 heterocycles. The summed E-state index contributed by atoms with van der Waals surface area (Å²) in [5, 5.41) is 14.3. The molecule has 3 aromatic rings. The number of benzene rings is 2. The molecule has 0 unspecified atom stereocenters. The Morgan fingerprint density at radius 1 is 1.20 bits per heavy atom. The summed E-state index contributed by atoms with van der Waals surface area (Å²) in [6, 6.07) is 18.9. The Morgan fingerprint density at radius 3 is 2.72 bits per heavy atom. The number of amides is 1. The lowest BCUT2D eigenvalue weighted by Gasteiger charge is -2.01. The van der Waals surface area contributed by atoms with Crippen LogP contribution in [0.1, 0.15) is 5.56 Å². The standard InChI is InChI=1S/C19H12BrN3OS/c20-16-8-4-7-14(10-16)17-12-25-19(22-17)23-18(24)15(11-21)9-13-5-2-1-3-6-13/h1-10,12H,(H,22,23,24). The number of thiazole rings is 1. The number of carbonyl (C=O) groups is 1. The van der Waals surface area contributed by atoms with Crippen LogP contribution in [0.5, 0.6) is 0 Å². The number of aromatic nitrogens is 1. The van der Waals surface area contributed by atoms with E-state index >= 15 is 0 Å². The molecule has 25 heavy (non-hydrogen) atoms. The average Bonchev–Trinajstić information content (AvgIpc) is 3.09. The van der Waals surface area contributed by atoms with Crippen LogP contribution in [0.15, 0.2) is 70.0 Å². The van der Waals surface area contributed by atoms with Crippen molar-refractivity contribution in [2.45, 2.75) is 0 Å². The van der Waals surface area contributed by atoms with Gasteiger partial charge in [-0.3, -0.25) is 10.1 Å². The number of nitrogens with zero attached hydrogens (tertiary/aromatic N) is 2. The van der Waals surface area contributed by atoms with Gasteiger partial charge in [-0.15, -0.1) is 11.3 Å². The fourth-order valence-electron chi connectivity index (χ4n) is 2.14. The highest BCUT2D eigenvalue weighted by Crippen LogP contribution is 2.27. The number of nitrogens with one attached hydrogen (secondary N) is 1. The number of rotatable bonds is 4. The van der Waals surface area contributed by atoms with Gasteiger partial charge in [-0.05, 0) is 23.8 Å². The second kappa shape index (κ2) is 7.88. The maximum Gasteiger partial charge on any atom is 0.268 e. The summed E-state index contributed by atoms with van der Waals surface area (Å²) in [7, 11) is 0. The molecule has 0 aliphatic heterocycles. The first-order valence-corrected chi connectivity index (χ1v) is 9.02. The highest BCUT2D eigenvalue weighted by molar-refractivity contribution is 9.10. The van der Waals surface area contributed by atoms with Crippen molar-refractivity contribution in [1.29, 1.82) is 5.26 Å². The number of anilines is 1. The minimum absolute atomic E-state index is 0.0328. The molecule has 0 bridgehead atoms. The summed E-state index contributed by atoms with van der Waals surface area (Å²) in [6.07, 6.45) is 1.55. The van der Waals surface area contributed by atoms with Crippen molar-refractivity contribution in [2.24, 2.45) is 0 Å². The fourth-order valence-corrected chi connectivity index (χ4v) is 3.25. The Hall–Kier alpha value is -2.75. The van der Waals surface area contributed by atoms with Gasteiger partial charge < -0.3 is 0 Å². The van der Waals surface area contributed by atoms with Crippen molar-refractivity contribution >= 4 is 44.4 Å². The lowest BCUT2D eigenvalue weighted by Crippen LogP contribution is -2.13. The van der Waals surface area contributed by atoms with Gasteiger partial charge in [0, 0.05) is 15.4 Å². The van der Waals surface area contributed by atoms with Gasteiger partial charge in [-0.2, -0.15) is 5.26 Å². The molecular formula is C19H12BrN3OS. The minimum atomic E-state index is -0.471. The number of nitriles is 1. The summed E-state index contributed by atoms with van der Waals surface area (Å²) in [6.45, 7) is 0. The second-order valence-corrected chi connectivity index (χ2v) is 6.86. The quantitative estimate of drug-likeness (QED) is 0.480. The van der Waals surface area contributed by atoms with Crippen LogP contribution < -0.4 is 5.32 Å². The van der Waals surface area contributed by atoms with Crippen molar-refractivity contribution < 1.29 is 4.79 Å². The van der Waals surface area contributed by atoms with Crippen LogP contribution in [-0.4, -0.2) is 10.9 Å². The van der Waals surface area contributed by atoms with Crippen LogP contribution in [0.25, 0.3) is 17.3 Å². The summed E-state index contributed by atoms with van der Waals surface area (Å²) >= 11 is 4.75. The molecule has 0 fully saturated rings. The Balaban J connectivity index is 1.77. The van der Waals surface area contributed by atoms with Gasteiger partial charge in [0.1, 0.15) is 11.6 Å². The number of hydrogen-bond acceptors (Lipinski definition) is 4. The Bertz CT molecular complexity index is 974. The first-order valence-electron chi connectivity index (χ1n) is 7.35. The first-order chi connectivity index (χ1) is 12.2. The molecule has 0 radical (unpaired) electrons. The molecule has 4 nitrogen and oxygen atoms in total. The molecule has 2 aromatic carbocycles. The van der Waals surface area contributed by atoms with E-state index < -0.39 is 5.91 Å². The Morgan fingerprint density at radius 2 is 2.00 bits per heavy atom. The maximum absolute atomic E-state index is 12.3. The largest absolute Gasteiger partial charge is 0.297 e. The fraction of sp³-hybridized carbons (Fsp3) is 0. The molecule has 0 aliphatic carbocycles. The monoisotopic (exact) mass is 409 g/mol. The number of hydrogen-bond donors (Lipinski definition) is 1. The normalized spacial score (nSPS) is 11.0. The molecule has 6 heteroatoms. The Labute approximate surface area is 157 Å². The summed E-state index contributed by atoms with van der Waals surface area (Å²) in [4.78, 5) is 16.7. The third kappa shape index (κ3) is 4.41. The molecule has 0 atom stereocenters. The lowest BCUT2D eigenvalue weighted by atomic mass is 10.1. The zero-order valence-electron chi connectivity index (χ0n) is 12.9. The van der Waals surface area contributed by atoms with E-state index in [9.17, 15) is 10.1 Å². The van der Waals surface area contributed by atoms with Crippen molar-refractivity contribution in [3.05, 3.63) is 75.6 Å². The van der Waals surface area contributed by atoms with E-state index in [1.54, 1.807) is 6.08 Å². The van der Waals surface area contributed by atoms with Gasteiger partial charge in [-0.25, -0.2) is 4.98 Å². The second-order valence-electron chi connectivity index (χ2n) is 5.08. The Kier molecular flexibility index (Phi) is 5.39. The molecule has 122 valence electrons. The van der Waals surface area contributed by atoms with Gasteiger partial charge in [0.25, 0.3) is 5.91 Å². The van der Waals surface area contributed by atoms with E-state index in [1.165, 1.54) is 11.3 Å². The molecule has 3 rings (SSSR count). The summed E-state index contributed by atoms with van der Waals surface area (Å²) < 4.78 is 0.959. The highest BCUT2D eigenvalue weighted by atomic mass is 79.9. The van der Waals surface area contributed by atoms with Crippen LogP contribution in [0.2, 0.25) is 0 Å². The maximum atomic E-state index is 12.3. The molecular weight excluding hydrogens is 398 g/mol. The average molecular weight is 410 g/mol. The molecule has 1 amide bonds. The van der Waals surface area contributed by atoms with E-state index in [0.29, 0.717) is 5.13 Å². The minimum Gasteiger partial charge on any atom is -0.297 e. The van der Waals surface area contributed by atoms with Gasteiger partial charge in [0.2, 0.25) is 0 Å². The third-order valence-electron chi connectivity index (χ3n) is 3.32. The van der Waals surface area contributed by atoms with E-state index in [2.05, 4.69) is 26.2 Å².